The Morgan fingerprint density at radius 1 is 0.969 bits per heavy atom. The number of carbonyl (C=O) groups excluding carboxylic acids is 1. The molecule has 0 saturated carbocycles. The minimum absolute atomic E-state index is 0.0704. The third-order valence-corrected chi connectivity index (χ3v) is 6.86. The lowest BCUT2D eigenvalue weighted by atomic mass is 9.98. The van der Waals surface area contributed by atoms with Crippen molar-refractivity contribution >= 4 is 17.3 Å². The van der Waals surface area contributed by atoms with Gasteiger partial charge in [0.1, 0.15) is 12.4 Å². The second kappa shape index (κ2) is 9.51. The lowest BCUT2D eigenvalue weighted by Gasteiger charge is -2.30. The molecule has 1 amide bonds. The third-order valence-electron chi connectivity index (χ3n) is 6.86. The summed E-state index contributed by atoms with van der Waals surface area (Å²) >= 11 is 0. The first-order chi connectivity index (χ1) is 15.7. The van der Waals surface area contributed by atoms with Gasteiger partial charge < -0.3 is 24.2 Å². The molecule has 0 spiro atoms. The molecule has 0 aliphatic carbocycles. The monoisotopic (exact) mass is 435 g/mol. The summed E-state index contributed by atoms with van der Waals surface area (Å²) in [7, 11) is 2.19. The van der Waals surface area contributed by atoms with Gasteiger partial charge in [-0.15, -0.1) is 0 Å². The summed E-state index contributed by atoms with van der Waals surface area (Å²) in [5.41, 5.74) is 4.05. The van der Waals surface area contributed by atoms with E-state index in [0.717, 1.165) is 74.6 Å². The molecule has 32 heavy (non-hydrogen) atoms. The minimum Gasteiger partial charge on any atom is -0.491 e. The molecule has 1 atom stereocenters. The molecule has 2 aromatic rings. The van der Waals surface area contributed by atoms with Crippen LogP contribution >= 0.6 is 0 Å². The SMILES string of the molecule is CN1CCCN(c2ccc(N3CCc4cc(OC[C@H]5CCCO5)ccc4C3=O)cc2)CC1. The lowest BCUT2D eigenvalue weighted by Crippen LogP contribution is -2.37. The topological polar surface area (TPSA) is 45.2 Å². The first-order valence-electron chi connectivity index (χ1n) is 11.9. The number of hydrogen-bond donors (Lipinski definition) is 0. The highest BCUT2D eigenvalue weighted by Gasteiger charge is 2.26. The molecule has 170 valence electrons. The molecular formula is C26H33N3O3. The van der Waals surface area contributed by atoms with E-state index >= 15 is 0 Å². The zero-order valence-corrected chi connectivity index (χ0v) is 19.0. The molecule has 2 aromatic carbocycles. The summed E-state index contributed by atoms with van der Waals surface area (Å²) in [6.07, 6.45) is 4.38. The Hall–Kier alpha value is -2.57. The highest BCUT2D eigenvalue weighted by Crippen LogP contribution is 2.29. The Kier molecular flexibility index (Phi) is 6.32. The van der Waals surface area contributed by atoms with Crippen LogP contribution in [0.4, 0.5) is 11.4 Å². The van der Waals surface area contributed by atoms with Crippen molar-refractivity contribution in [2.45, 2.75) is 31.8 Å². The second-order valence-electron chi connectivity index (χ2n) is 9.13. The van der Waals surface area contributed by atoms with Crippen LogP contribution in [0.3, 0.4) is 0 Å². The van der Waals surface area contributed by atoms with Crippen LogP contribution in [0.2, 0.25) is 0 Å². The van der Waals surface area contributed by atoms with Crippen molar-refractivity contribution in [3.05, 3.63) is 53.6 Å². The predicted molar refractivity (Wildman–Crippen MR) is 127 cm³/mol. The maximum absolute atomic E-state index is 13.2. The van der Waals surface area contributed by atoms with Crippen LogP contribution in [0.25, 0.3) is 0 Å². The van der Waals surface area contributed by atoms with Crippen molar-refractivity contribution < 1.29 is 14.3 Å². The van der Waals surface area contributed by atoms with Crippen LogP contribution < -0.4 is 14.5 Å². The maximum atomic E-state index is 13.2. The Morgan fingerprint density at radius 3 is 2.62 bits per heavy atom. The van der Waals surface area contributed by atoms with Gasteiger partial charge in [0.25, 0.3) is 5.91 Å². The molecule has 2 saturated heterocycles. The molecule has 3 aliphatic rings. The molecule has 0 N–H and O–H groups in total. The smallest absolute Gasteiger partial charge is 0.258 e. The van der Waals surface area contributed by atoms with Gasteiger partial charge in [-0.1, -0.05) is 0 Å². The summed E-state index contributed by atoms with van der Waals surface area (Å²) < 4.78 is 11.6. The molecule has 0 aromatic heterocycles. The van der Waals surface area contributed by atoms with E-state index in [1.54, 1.807) is 0 Å². The minimum atomic E-state index is 0.0704. The molecule has 6 heteroatoms. The number of rotatable bonds is 5. The summed E-state index contributed by atoms with van der Waals surface area (Å²) in [6.45, 7) is 6.46. The predicted octanol–water partition coefficient (Wildman–Crippen LogP) is 3.59. The highest BCUT2D eigenvalue weighted by molar-refractivity contribution is 6.08. The van der Waals surface area contributed by atoms with Gasteiger partial charge in [-0.2, -0.15) is 0 Å². The number of fused-ring (bicyclic) bond motifs is 1. The normalized spacial score (nSPS) is 22.0. The van der Waals surface area contributed by atoms with Gasteiger partial charge in [-0.05, 0) is 87.3 Å². The van der Waals surface area contributed by atoms with Gasteiger partial charge in [0.15, 0.2) is 0 Å². The van der Waals surface area contributed by atoms with Crippen molar-refractivity contribution in [3.8, 4) is 5.75 Å². The summed E-state index contributed by atoms with van der Waals surface area (Å²) in [6, 6.07) is 14.3. The first kappa shape index (κ1) is 21.3. The van der Waals surface area contributed by atoms with Gasteiger partial charge in [0.2, 0.25) is 0 Å². The van der Waals surface area contributed by atoms with Gasteiger partial charge in [0, 0.05) is 49.7 Å². The number of carbonyl (C=O) groups is 1. The fourth-order valence-corrected chi connectivity index (χ4v) is 4.91. The van der Waals surface area contributed by atoms with Gasteiger partial charge in [-0.25, -0.2) is 0 Å². The van der Waals surface area contributed by atoms with E-state index in [2.05, 4.69) is 41.1 Å². The van der Waals surface area contributed by atoms with Crippen LogP contribution in [0.5, 0.6) is 5.75 Å². The zero-order valence-electron chi connectivity index (χ0n) is 19.0. The van der Waals surface area contributed by atoms with Gasteiger partial charge in [-0.3, -0.25) is 4.79 Å². The molecule has 3 aliphatic heterocycles. The fraction of sp³-hybridized carbons (Fsp3) is 0.500. The third kappa shape index (κ3) is 4.62. The quantitative estimate of drug-likeness (QED) is 0.718. The van der Waals surface area contributed by atoms with Crippen LogP contribution in [0, 0.1) is 0 Å². The van der Waals surface area contributed by atoms with Crippen LogP contribution in [0.1, 0.15) is 35.2 Å². The largest absolute Gasteiger partial charge is 0.491 e. The average molecular weight is 436 g/mol. The Morgan fingerprint density at radius 2 is 1.81 bits per heavy atom. The van der Waals surface area contributed by atoms with E-state index in [1.165, 1.54) is 12.1 Å². The maximum Gasteiger partial charge on any atom is 0.258 e. The van der Waals surface area contributed by atoms with Crippen molar-refractivity contribution in [2.24, 2.45) is 0 Å². The standard InChI is InChI=1S/C26H33N3O3/c1-27-12-3-13-28(16-15-27)21-5-7-22(8-6-21)29-14-11-20-18-23(9-10-25(20)26(29)30)32-19-24-4-2-17-31-24/h5-10,18,24H,2-4,11-17,19H2,1H3/t24-/m1/s1. The van der Waals surface area contributed by atoms with Crippen LogP contribution in [-0.4, -0.2) is 69.9 Å². The number of nitrogens with zero attached hydrogens (tertiary/aromatic N) is 3. The number of anilines is 2. The number of ether oxygens (including phenoxy) is 2. The molecule has 2 fully saturated rings. The van der Waals surface area contributed by atoms with Gasteiger partial charge in [0.05, 0.1) is 6.10 Å². The van der Waals surface area contributed by atoms with Crippen LogP contribution in [0.15, 0.2) is 42.5 Å². The summed E-state index contributed by atoms with van der Waals surface area (Å²) in [4.78, 5) is 19.9. The van der Waals surface area contributed by atoms with E-state index in [4.69, 9.17) is 9.47 Å². The van der Waals surface area contributed by atoms with Gasteiger partial charge >= 0.3 is 0 Å². The molecule has 0 radical (unpaired) electrons. The summed E-state index contributed by atoms with van der Waals surface area (Å²) in [5.74, 6) is 0.897. The Labute approximate surface area is 190 Å². The van der Waals surface area contributed by atoms with E-state index in [1.807, 2.05) is 23.1 Å². The molecule has 5 rings (SSSR count). The number of amides is 1. The molecule has 3 heterocycles. The number of likely N-dealkylation sites (N-methyl/N-ethyl adjacent to an activating group) is 1. The van der Waals surface area contributed by atoms with Crippen molar-refractivity contribution in [1.29, 1.82) is 0 Å². The molecular weight excluding hydrogens is 402 g/mol. The summed E-state index contributed by atoms with van der Waals surface area (Å²) in [5, 5.41) is 0. The van der Waals surface area contributed by atoms with Crippen LogP contribution in [-0.2, 0) is 11.2 Å². The number of hydrogen-bond acceptors (Lipinski definition) is 5. The zero-order chi connectivity index (χ0) is 21.9. The number of benzene rings is 2. The lowest BCUT2D eigenvalue weighted by molar-refractivity contribution is 0.0679. The van der Waals surface area contributed by atoms with E-state index in [-0.39, 0.29) is 12.0 Å². The van der Waals surface area contributed by atoms with Crippen molar-refractivity contribution in [2.75, 3.05) is 62.8 Å². The Balaban J connectivity index is 1.25. The van der Waals surface area contributed by atoms with E-state index in [9.17, 15) is 4.79 Å². The highest BCUT2D eigenvalue weighted by atomic mass is 16.5. The van der Waals surface area contributed by atoms with Crippen molar-refractivity contribution in [3.63, 3.8) is 0 Å². The fourth-order valence-electron chi connectivity index (χ4n) is 4.91. The van der Waals surface area contributed by atoms with E-state index < -0.39 is 0 Å². The van der Waals surface area contributed by atoms with E-state index in [0.29, 0.717) is 13.2 Å². The molecule has 0 unspecified atom stereocenters. The molecule has 6 nitrogen and oxygen atoms in total. The molecule has 0 bridgehead atoms. The average Bonchev–Trinajstić information content (AvgIpc) is 3.25. The first-order valence-corrected chi connectivity index (χ1v) is 11.9. The second-order valence-corrected chi connectivity index (χ2v) is 9.13. The Bertz CT molecular complexity index is 940. The van der Waals surface area contributed by atoms with Crippen molar-refractivity contribution in [1.82, 2.24) is 4.90 Å².